The van der Waals surface area contributed by atoms with Crippen LogP contribution < -0.4 is 5.32 Å². The molecule has 96 valence electrons. The van der Waals surface area contributed by atoms with E-state index in [0.29, 0.717) is 0 Å². The van der Waals surface area contributed by atoms with E-state index in [2.05, 4.69) is 31.2 Å². The molecular weight excluding hydrogens is 200 g/mol. The summed E-state index contributed by atoms with van der Waals surface area (Å²) < 4.78 is 5.39. The van der Waals surface area contributed by atoms with Gasteiger partial charge < -0.3 is 15.0 Å². The molecule has 2 unspecified atom stereocenters. The molecule has 1 N–H and O–H groups in total. The third-order valence-corrected chi connectivity index (χ3v) is 3.65. The van der Waals surface area contributed by atoms with Crippen molar-refractivity contribution >= 4 is 0 Å². The smallest absolute Gasteiger partial charge is 0.0593 e. The number of rotatable bonds is 7. The first-order valence-electron chi connectivity index (χ1n) is 6.71. The molecule has 0 amide bonds. The van der Waals surface area contributed by atoms with Gasteiger partial charge >= 0.3 is 0 Å². The highest BCUT2D eigenvalue weighted by atomic mass is 16.5. The van der Waals surface area contributed by atoms with Crippen LogP contribution in [0.4, 0.5) is 0 Å². The van der Waals surface area contributed by atoms with E-state index < -0.39 is 0 Å². The molecule has 0 heterocycles. The van der Waals surface area contributed by atoms with E-state index in [1.54, 1.807) is 0 Å². The molecule has 0 aromatic rings. The molecule has 0 aliphatic heterocycles. The van der Waals surface area contributed by atoms with Gasteiger partial charge in [0.2, 0.25) is 0 Å². The summed E-state index contributed by atoms with van der Waals surface area (Å²) in [6, 6.07) is 0.725. The fraction of sp³-hybridized carbons (Fsp3) is 1.00. The van der Waals surface area contributed by atoms with E-state index in [4.69, 9.17) is 4.74 Å². The second-order valence-electron chi connectivity index (χ2n) is 4.90. The van der Waals surface area contributed by atoms with Gasteiger partial charge in [-0.2, -0.15) is 0 Å². The maximum atomic E-state index is 5.39. The van der Waals surface area contributed by atoms with Crippen molar-refractivity contribution in [2.24, 2.45) is 5.92 Å². The molecule has 3 heteroatoms. The van der Waals surface area contributed by atoms with Gasteiger partial charge in [0.25, 0.3) is 0 Å². The normalized spacial score (nSPS) is 26.2. The fourth-order valence-electron chi connectivity index (χ4n) is 2.66. The van der Waals surface area contributed by atoms with Crippen molar-refractivity contribution in [3.05, 3.63) is 0 Å². The minimum Gasteiger partial charge on any atom is -0.380 e. The molecule has 1 fully saturated rings. The van der Waals surface area contributed by atoms with Gasteiger partial charge in [-0.1, -0.05) is 12.8 Å². The van der Waals surface area contributed by atoms with Gasteiger partial charge in [-0.25, -0.2) is 0 Å². The van der Waals surface area contributed by atoms with Crippen molar-refractivity contribution in [3.63, 3.8) is 0 Å². The number of likely N-dealkylation sites (N-methyl/N-ethyl adjacent to an activating group) is 1. The fourth-order valence-corrected chi connectivity index (χ4v) is 2.66. The molecule has 1 rings (SSSR count). The van der Waals surface area contributed by atoms with Gasteiger partial charge in [-0.3, -0.25) is 0 Å². The van der Waals surface area contributed by atoms with E-state index in [1.165, 1.54) is 32.2 Å². The Bertz CT molecular complexity index is 175. The van der Waals surface area contributed by atoms with Crippen LogP contribution in [0.5, 0.6) is 0 Å². The van der Waals surface area contributed by atoms with Crippen LogP contribution in [-0.4, -0.2) is 51.3 Å². The number of hydrogen-bond donors (Lipinski definition) is 1. The van der Waals surface area contributed by atoms with Crippen LogP contribution in [0.1, 0.15) is 32.6 Å². The molecule has 0 saturated heterocycles. The predicted molar refractivity (Wildman–Crippen MR) is 68.8 cm³/mol. The number of ether oxygens (including phenoxy) is 1. The molecule has 1 aliphatic rings. The Morgan fingerprint density at radius 2 is 2.06 bits per heavy atom. The van der Waals surface area contributed by atoms with Crippen molar-refractivity contribution in [1.82, 2.24) is 10.2 Å². The summed E-state index contributed by atoms with van der Waals surface area (Å²) in [6.07, 6.45) is 5.53. The van der Waals surface area contributed by atoms with Crippen LogP contribution in [-0.2, 0) is 4.74 Å². The summed E-state index contributed by atoms with van der Waals surface area (Å²) in [4.78, 5) is 2.41. The molecule has 16 heavy (non-hydrogen) atoms. The number of nitrogens with one attached hydrogen (secondary N) is 1. The Morgan fingerprint density at radius 3 is 2.75 bits per heavy atom. The Balaban J connectivity index is 2.22. The zero-order valence-electron chi connectivity index (χ0n) is 11.2. The van der Waals surface area contributed by atoms with E-state index in [1.807, 2.05) is 0 Å². The van der Waals surface area contributed by atoms with Gasteiger partial charge in [0.05, 0.1) is 6.61 Å². The summed E-state index contributed by atoms with van der Waals surface area (Å²) in [6.45, 7) is 6.01. The van der Waals surface area contributed by atoms with Crippen LogP contribution in [0.2, 0.25) is 0 Å². The Labute approximate surface area is 101 Å². The zero-order chi connectivity index (χ0) is 11.8. The summed E-state index contributed by atoms with van der Waals surface area (Å²) in [7, 11) is 4.31. The van der Waals surface area contributed by atoms with Crippen LogP contribution in [0.15, 0.2) is 0 Å². The summed E-state index contributed by atoms with van der Waals surface area (Å²) in [5.41, 5.74) is 0. The monoisotopic (exact) mass is 228 g/mol. The van der Waals surface area contributed by atoms with Crippen LogP contribution >= 0.6 is 0 Å². The molecule has 0 aromatic heterocycles. The van der Waals surface area contributed by atoms with Gasteiger partial charge in [0.15, 0.2) is 0 Å². The van der Waals surface area contributed by atoms with Crippen LogP contribution in [0.3, 0.4) is 0 Å². The third kappa shape index (κ3) is 4.81. The summed E-state index contributed by atoms with van der Waals surface area (Å²) >= 11 is 0. The minimum absolute atomic E-state index is 0.725. The quantitative estimate of drug-likeness (QED) is 0.672. The van der Waals surface area contributed by atoms with Gasteiger partial charge in [0.1, 0.15) is 0 Å². The Hall–Kier alpha value is -0.120. The first-order chi connectivity index (χ1) is 7.77. The minimum atomic E-state index is 0.725. The maximum Gasteiger partial charge on any atom is 0.0593 e. The maximum absolute atomic E-state index is 5.39. The Kier molecular flexibility index (Phi) is 7.01. The average Bonchev–Trinajstić information content (AvgIpc) is 2.30. The highest BCUT2D eigenvalue weighted by Crippen LogP contribution is 2.24. The van der Waals surface area contributed by atoms with Crippen LogP contribution in [0.25, 0.3) is 0 Å². The molecular formula is C13H28N2O. The van der Waals surface area contributed by atoms with Crippen molar-refractivity contribution in [3.8, 4) is 0 Å². The lowest BCUT2D eigenvalue weighted by atomic mass is 9.84. The standard InChI is InChI=1S/C13H28N2O/c1-4-16-10-9-15(3)11-12-7-5-6-8-13(12)14-2/h12-14H,4-11H2,1-3H3. The lowest BCUT2D eigenvalue weighted by Crippen LogP contribution is -2.42. The van der Waals surface area contributed by atoms with Gasteiger partial charge in [0, 0.05) is 25.7 Å². The van der Waals surface area contributed by atoms with E-state index >= 15 is 0 Å². The average molecular weight is 228 g/mol. The molecule has 2 atom stereocenters. The van der Waals surface area contributed by atoms with Crippen molar-refractivity contribution < 1.29 is 4.74 Å². The SMILES string of the molecule is CCOCCN(C)CC1CCCCC1NC. The molecule has 0 bridgehead atoms. The third-order valence-electron chi connectivity index (χ3n) is 3.65. The molecule has 0 aromatic carbocycles. The second kappa shape index (κ2) is 8.04. The highest BCUT2D eigenvalue weighted by molar-refractivity contribution is 4.81. The summed E-state index contributed by atoms with van der Waals surface area (Å²) in [5.74, 6) is 0.824. The topological polar surface area (TPSA) is 24.5 Å². The first kappa shape index (κ1) is 13.9. The second-order valence-corrected chi connectivity index (χ2v) is 4.90. The zero-order valence-corrected chi connectivity index (χ0v) is 11.2. The molecule has 0 radical (unpaired) electrons. The van der Waals surface area contributed by atoms with Gasteiger partial charge in [-0.05, 0) is 39.8 Å². The van der Waals surface area contributed by atoms with Gasteiger partial charge in [-0.15, -0.1) is 0 Å². The van der Waals surface area contributed by atoms with Crippen molar-refractivity contribution in [2.45, 2.75) is 38.6 Å². The molecule has 1 aliphatic carbocycles. The van der Waals surface area contributed by atoms with Crippen molar-refractivity contribution in [2.75, 3.05) is 40.4 Å². The lowest BCUT2D eigenvalue weighted by Gasteiger charge is -2.34. The van der Waals surface area contributed by atoms with Crippen LogP contribution in [0, 0.1) is 5.92 Å². The largest absolute Gasteiger partial charge is 0.380 e. The highest BCUT2D eigenvalue weighted by Gasteiger charge is 2.24. The molecule has 3 nitrogen and oxygen atoms in total. The number of hydrogen-bond acceptors (Lipinski definition) is 3. The van der Waals surface area contributed by atoms with Crippen molar-refractivity contribution in [1.29, 1.82) is 0 Å². The molecule has 0 spiro atoms. The molecule has 1 saturated carbocycles. The number of nitrogens with zero attached hydrogens (tertiary/aromatic N) is 1. The Morgan fingerprint density at radius 1 is 1.31 bits per heavy atom. The van der Waals surface area contributed by atoms with E-state index in [-0.39, 0.29) is 0 Å². The first-order valence-corrected chi connectivity index (χ1v) is 6.71. The van der Waals surface area contributed by atoms with E-state index in [9.17, 15) is 0 Å². The lowest BCUT2D eigenvalue weighted by molar-refractivity contribution is 0.109. The predicted octanol–water partition coefficient (Wildman–Crippen LogP) is 1.73. The van der Waals surface area contributed by atoms with E-state index in [0.717, 1.165) is 31.7 Å². The summed E-state index contributed by atoms with van der Waals surface area (Å²) in [5, 5.41) is 3.47.